The lowest BCUT2D eigenvalue weighted by Gasteiger charge is -2.41. The number of thioether (sulfide) groups is 1. The van der Waals surface area contributed by atoms with Gasteiger partial charge in [-0.05, 0) is 38.0 Å². The number of amides is 3. The summed E-state index contributed by atoms with van der Waals surface area (Å²) in [4.78, 5) is 50.9. The summed E-state index contributed by atoms with van der Waals surface area (Å²) in [5.74, 6) is -0.839. The number of morpholine rings is 1. The minimum Gasteiger partial charge on any atom is -0.396 e. The molecule has 4 fully saturated rings. The van der Waals surface area contributed by atoms with Crippen LogP contribution in [0.15, 0.2) is 25.3 Å². The quantitative estimate of drug-likeness (QED) is 0.218. The maximum Gasteiger partial charge on any atom is 0.247 e. The highest BCUT2D eigenvalue weighted by Gasteiger charge is 2.76. The number of unbranched alkanes of at least 4 members (excludes halogenated alkanes) is 2. The molecule has 3 unspecified atom stereocenters. The topological polar surface area (TPSA) is 93.6 Å². The van der Waals surface area contributed by atoms with Gasteiger partial charge in [-0.25, -0.2) is 0 Å². The Bertz CT molecular complexity index is 959. The summed E-state index contributed by atoms with van der Waals surface area (Å²) in [5.41, 5.74) is 0. The molecule has 2 bridgehead atoms. The summed E-state index contributed by atoms with van der Waals surface area (Å²) in [6, 6.07) is -0.611. The van der Waals surface area contributed by atoms with Gasteiger partial charge < -0.3 is 24.5 Å². The monoisotopic (exact) mass is 590 g/mol. The Kier molecular flexibility index (Phi) is 11.4. The third-order valence-electron chi connectivity index (χ3n) is 9.43. The average Bonchev–Trinajstić information content (AvgIpc) is 3.56. The molecule has 0 aromatic heterocycles. The number of nitrogens with zero attached hydrogens (tertiary/aromatic N) is 4. The minimum absolute atomic E-state index is 0.0271. The zero-order chi connectivity index (χ0) is 29.6. The van der Waals surface area contributed by atoms with Crippen molar-refractivity contribution in [2.24, 2.45) is 17.8 Å². The largest absolute Gasteiger partial charge is 0.396 e. The second-order valence-corrected chi connectivity index (χ2v) is 13.5. The van der Waals surface area contributed by atoms with E-state index in [1.807, 2.05) is 14.7 Å². The Morgan fingerprint density at radius 3 is 2.39 bits per heavy atom. The normalized spacial score (nSPS) is 30.9. The first-order valence-corrected chi connectivity index (χ1v) is 16.4. The van der Waals surface area contributed by atoms with Crippen LogP contribution in [0.3, 0.4) is 0 Å². The molecule has 0 aromatic carbocycles. The highest BCUT2D eigenvalue weighted by Crippen LogP contribution is 2.68. The summed E-state index contributed by atoms with van der Waals surface area (Å²) in [7, 11) is 0. The molecule has 4 heterocycles. The van der Waals surface area contributed by atoms with Gasteiger partial charge in [0.25, 0.3) is 0 Å². The lowest BCUT2D eigenvalue weighted by molar-refractivity contribution is -0.145. The number of carbonyl (C=O) groups excluding carboxylic acids is 3. The van der Waals surface area contributed by atoms with Gasteiger partial charge in [-0.2, -0.15) is 0 Å². The van der Waals surface area contributed by atoms with Gasteiger partial charge in [0.15, 0.2) is 0 Å². The first kappa shape index (κ1) is 32.0. The van der Waals surface area contributed by atoms with Crippen molar-refractivity contribution in [2.75, 3.05) is 72.2 Å². The summed E-state index contributed by atoms with van der Waals surface area (Å²) in [5, 5.41) is 9.35. The molecule has 230 valence electrons. The smallest absolute Gasteiger partial charge is 0.247 e. The molecule has 0 saturated carbocycles. The number of hydrogen-bond acceptors (Lipinski definition) is 7. The van der Waals surface area contributed by atoms with Crippen LogP contribution in [0.5, 0.6) is 0 Å². The minimum atomic E-state index is -0.624. The summed E-state index contributed by atoms with van der Waals surface area (Å²) in [6.07, 6.45) is 7.35. The fourth-order valence-electron chi connectivity index (χ4n) is 7.53. The van der Waals surface area contributed by atoms with Gasteiger partial charge in [0, 0.05) is 64.2 Å². The van der Waals surface area contributed by atoms with Crippen LogP contribution in [0.4, 0.5) is 0 Å². The summed E-state index contributed by atoms with van der Waals surface area (Å²) in [6.45, 7) is 18.5. The number of carbonyl (C=O) groups is 3. The fourth-order valence-corrected chi connectivity index (χ4v) is 9.94. The van der Waals surface area contributed by atoms with Gasteiger partial charge >= 0.3 is 0 Å². The standard InChI is InChI=1S/C31H50N4O5S/c1-5-11-33(12-6-2)28(37)25-24-22-23(4)31(41-24)26(25)29(38)35(14-9-8-10-19-36)27(31)30(39)34(13-7-3)16-15-32-17-20-40-21-18-32/h5,7,23-27,36H,1,3,6,8-22H2,2,4H3/t23?,24-,25+,26-,27?,31?/m0/s1. The number of ether oxygens (including phenoxy) is 1. The molecule has 3 amide bonds. The van der Waals surface area contributed by atoms with E-state index in [4.69, 9.17) is 4.74 Å². The Morgan fingerprint density at radius 2 is 1.76 bits per heavy atom. The number of fused-ring (bicyclic) bond motifs is 1. The molecule has 1 N–H and O–H groups in total. The Labute approximate surface area is 250 Å². The van der Waals surface area contributed by atoms with E-state index in [1.165, 1.54) is 0 Å². The molecule has 4 aliphatic rings. The lowest BCUT2D eigenvalue weighted by Crippen LogP contribution is -2.58. The van der Waals surface area contributed by atoms with E-state index in [2.05, 4.69) is 31.9 Å². The lowest BCUT2D eigenvalue weighted by atomic mass is 9.65. The van der Waals surface area contributed by atoms with Crippen LogP contribution in [0.1, 0.15) is 46.0 Å². The zero-order valence-corrected chi connectivity index (χ0v) is 25.9. The Morgan fingerprint density at radius 1 is 1.07 bits per heavy atom. The molecule has 4 rings (SSSR count). The van der Waals surface area contributed by atoms with Crippen LogP contribution < -0.4 is 0 Å². The number of aliphatic hydroxyl groups is 1. The predicted molar refractivity (Wildman–Crippen MR) is 162 cm³/mol. The van der Waals surface area contributed by atoms with Crippen LogP contribution >= 0.6 is 11.8 Å². The van der Waals surface area contributed by atoms with E-state index in [0.717, 1.165) is 38.9 Å². The van der Waals surface area contributed by atoms with E-state index < -0.39 is 22.6 Å². The van der Waals surface area contributed by atoms with Gasteiger partial charge in [0.2, 0.25) is 17.7 Å². The summed E-state index contributed by atoms with van der Waals surface area (Å²) >= 11 is 1.74. The number of aliphatic hydroxyl groups excluding tert-OH is 1. The van der Waals surface area contributed by atoms with E-state index >= 15 is 0 Å². The van der Waals surface area contributed by atoms with Crippen molar-refractivity contribution < 1.29 is 24.2 Å². The van der Waals surface area contributed by atoms with E-state index in [1.54, 1.807) is 23.9 Å². The molecular formula is C31H50N4O5S. The third kappa shape index (κ3) is 6.26. The number of rotatable bonds is 16. The highest BCUT2D eigenvalue weighted by molar-refractivity contribution is 8.02. The number of hydrogen-bond donors (Lipinski definition) is 1. The zero-order valence-electron chi connectivity index (χ0n) is 25.0. The average molecular weight is 591 g/mol. The SMILES string of the molecule is C=CCN(CCN1CCOCC1)C(=O)C1N(CCCCCO)C(=O)[C@@H]2[C@H](C(=O)N(CC=C)CCC)[C@@H]3CC(C)C12S3. The van der Waals surface area contributed by atoms with Crippen LogP contribution in [0.25, 0.3) is 0 Å². The maximum absolute atomic E-state index is 14.6. The Hall–Kier alpha value is -1.88. The van der Waals surface area contributed by atoms with Crippen molar-refractivity contribution in [1.82, 2.24) is 19.6 Å². The number of likely N-dealkylation sites (tertiary alicyclic amines) is 1. The van der Waals surface area contributed by atoms with Crippen molar-refractivity contribution >= 4 is 29.5 Å². The molecule has 10 heteroatoms. The molecule has 6 atom stereocenters. The molecule has 1 spiro atoms. The first-order chi connectivity index (χ1) is 19.8. The molecule has 0 radical (unpaired) electrons. The van der Waals surface area contributed by atoms with Crippen molar-refractivity contribution in [1.29, 1.82) is 0 Å². The van der Waals surface area contributed by atoms with Crippen molar-refractivity contribution in [3.05, 3.63) is 25.3 Å². The van der Waals surface area contributed by atoms with Crippen LogP contribution in [-0.2, 0) is 19.1 Å². The Balaban J connectivity index is 1.66. The summed E-state index contributed by atoms with van der Waals surface area (Å²) < 4.78 is 4.87. The molecule has 0 aliphatic carbocycles. The maximum atomic E-state index is 14.6. The van der Waals surface area contributed by atoms with Crippen LogP contribution in [0, 0.1) is 17.8 Å². The van der Waals surface area contributed by atoms with E-state index in [-0.39, 0.29) is 35.5 Å². The second kappa shape index (κ2) is 14.5. The van der Waals surface area contributed by atoms with Crippen LogP contribution in [0.2, 0.25) is 0 Å². The van der Waals surface area contributed by atoms with Gasteiger partial charge in [0.1, 0.15) is 6.04 Å². The second-order valence-electron chi connectivity index (χ2n) is 12.0. The van der Waals surface area contributed by atoms with Crippen molar-refractivity contribution in [3.8, 4) is 0 Å². The van der Waals surface area contributed by atoms with Gasteiger partial charge in [-0.1, -0.05) is 26.0 Å². The molecule has 0 aromatic rings. The van der Waals surface area contributed by atoms with Gasteiger partial charge in [0.05, 0.1) is 29.8 Å². The molecular weight excluding hydrogens is 540 g/mol. The molecule has 4 saturated heterocycles. The molecule has 9 nitrogen and oxygen atoms in total. The van der Waals surface area contributed by atoms with Crippen molar-refractivity contribution in [3.63, 3.8) is 0 Å². The van der Waals surface area contributed by atoms with E-state index in [9.17, 15) is 19.5 Å². The van der Waals surface area contributed by atoms with Crippen molar-refractivity contribution in [2.45, 2.75) is 62.0 Å². The molecule has 41 heavy (non-hydrogen) atoms. The van der Waals surface area contributed by atoms with Gasteiger partial charge in [-0.15, -0.1) is 24.9 Å². The van der Waals surface area contributed by atoms with Crippen LogP contribution in [-0.4, -0.2) is 131 Å². The third-order valence-corrected chi connectivity index (χ3v) is 11.5. The van der Waals surface area contributed by atoms with E-state index in [0.29, 0.717) is 58.8 Å². The predicted octanol–water partition coefficient (Wildman–Crippen LogP) is 2.26. The van der Waals surface area contributed by atoms with Gasteiger partial charge in [-0.3, -0.25) is 19.3 Å². The fraction of sp³-hybridized carbons (Fsp3) is 0.774. The first-order valence-electron chi connectivity index (χ1n) is 15.5. The highest BCUT2D eigenvalue weighted by atomic mass is 32.2. The molecule has 4 aliphatic heterocycles.